The van der Waals surface area contributed by atoms with E-state index in [1.807, 2.05) is 28.8 Å². The van der Waals surface area contributed by atoms with Gasteiger partial charge in [-0.2, -0.15) is 0 Å². The molecule has 0 unspecified atom stereocenters. The molecule has 0 saturated carbocycles. The molecule has 3 rings (SSSR count). The second kappa shape index (κ2) is 3.68. The van der Waals surface area contributed by atoms with Crippen molar-refractivity contribution in [1.82, 2.24) is 19.5 Å². The summed E-state index contributed by atoms with van der Waals surface area (Å²) < 4.78 is 2.72. The minimum Gasteiger partial charge on any atom is -0.267 e. The summed E-state index contributed by atoms with van der Waals surface area (Å²) in [6.45, 7) is 0. The molecule has 0 aliphatic carbocycles. The molecule has 5 heteroatoms. The number of rotatable bonds is 1. The minimum atomic E-state index is 0.622. The third-order valence-corrected chi connectivity index (χ3v) is 2.69. The number of para-hydroxylation sites is 2. The summed E-state index contributed by atoms with van der Waals surface area (Å²) in [5.74, 6) is 0.622. The fourth-order valence-corrected chi connectivity index (χ4v) is 1.75. The molecule has 0 fully saturated rings. The lowest BCUT2D eigenvalue weighted by Crippen LogP contribution is -1.98. The van der Waals surface area contributed by atoms with Crippen LogP contribution in [0, 0.1) is 0 Å². The first-order chi connectivity index (χ1) is 7.84. The van der Waals surface area contributed by atoms with Crippen molar-refractivity contribution < 1.29 is 0 Å². The van der Waals surface area contributed by atoms with Crippen molar-refractivity contribution >= 4 is 27.0 Å². The van der Waals surface area contributed by atoms with Gasteiger partial charge in [-0.15, -0.1) is 0 Å². The van der Waals surface area contributed by atoms with Crippen molar-refractivity contribution in [3.05, 3.63) is 47.5 Å². The zero-order valence-electron chi connectivity index (χ0n) is 8.21. The molecule has 0 aliphatic heterocycles. The maximum atomic E-state index is 4.29. The Bertz CT molecular complexity index is 630. The lowest BCUT2D eigenvalue weighted by molar-refractivity contribution is 0.944. The molecule has 0 spiro atoms. The molecule has 16 heavy (non-hydrogen) atoms. The smallest absolute Gasteiger partial charge is 0.235 e. The highest BCUT2D eigenvalue weighted by atomic mass is 79.9. The van der Waals surface area contributed by atoms with Crippen LogP contribution in [0.25, 0.3) is 17.0 Å². The van der Waals surface area contributed by atoms with E-state index in [0.29, 0.717) is 5.95 Å². The van der Waals surface area contributed by atoms with Crippen molar-refractivity contribution in [2.75, 3.05) is 0 Å². The van der Waals surface area contributed by atoms with Crippen LogP contribution in [0.3, 0.4) is 0 Å². The maximum Gasteiger partial charge on any atom is 0.235 e. The normalized spacial score (nSPS) is 10.8. The molecule has 0 bridgehead atoms. The Hall–Kier alpha value is -1.75. The molecular formula is C11H7BrN4. The monoisotopic (exact) mass is 274 g/mol. The second-order valence-electron chi connectivity index (χ2n) is 3.30. The highest BCUT2D eigenvalue weighted by molar-refractivity contribution is 9.10. The zero-order valence-corrected chi connectivity index (χ0v) is 9.79. The standard InChI is InChI=1S/C11H7BrN4/c12-8-5-13-11(14-6-8)16-7-15-9-3-1-2-4-10(9)16/h1-7H. The van der Waals surface area contributed by atoms with E-state index in [9.17, 15) is 0 Å². The number of nitrogens with zero attached hydrogens (tertiary/aromatic N) is 4. The van der Waals surface area contributed by atoms with Crippen LogP contribution in [0.1, 0.15) is 0 Å². The fourth-order valence-electron chi connectivity index (χ4n) is 1.55. The van der Waals surface area contributed by atoms with Crippen LogP contribution in [0.15, 0.2) is 47.5 Å². The summed E-state index contributed by atoms with van der Waals surface area (Å²) in [4.78, 5) is 12.8. The Morgan fingerprint density at radius 3 is 2.56 bits per heavy atom. The highest BCUT2D eigenvalue weighted by Gasteiger charge is 2.05. The first-order valence-corrected chi connectivity index (χ1v) is 5.54. The predicted molar refractivity (Wildman–Crippen MR) is 64.4 cm³/mol. The van der Waals surface area contributed by atoms with Crippen LogP contribution in [0.5, 0.6) is 0 Å². The van der Waals surface area contributed by atoms with Crippen molar-refractivity contribution in [1.29, 1.82) is 0 Å². The van der Waals surface area contributed by atoms with Gasteiger partial charge in [0.15, 0.2) is 0 Å². The molecule has 2 aromatic heterocycles. The summed E-state index contributed by atoms with van der Waals surface area (Å²) in [6, 6.07) is 7.89. The lowest BCUT2D eigenvalue weighted by Gasteiger charge is -2.00. The van der Waals surface area contributed by atoms with E-state index in [1.54, 1.807) is 18.7 Å². The number of hydrogen-bond acceptors (Lipinski definition) is 3. The Balaban J connectivity index is 2.22. The SMILES string of the molecule is Brc1cnc(-n2cnc3ccccc32)nc1. The molecule has 0 aliphatic rings. The number of fused-ring (bicyclic) bond motifs is 1. The van der Waals surface area contributed by atoms with Gasteiger partial charge in [0.05, 0.1) is 15.5 Å². The van der Waals surface area contributed by atoms with Crippen molar-refractivity contribution in [2.45, 2.75) is 0 Å². The minimum absolute atomic E-state index is 0.622. The summed E-state index contributed by atoms with van der Waals surface area (Å²) in [7, 11) is 0. The number of benzene rings is 1. The van der Waals surface area contributed by atoms with E-state index in [4.69, 9.17) is 0 Å². The number of imidazole rings is 1. The van der Waals surface area contributed by atoms with Gasteiger partial charge in [-0.1, -0.05) is 12.1 Å². The van der Waals surface area contributed by atoms with Crippen LogP contribution in [0.2, 0.25) is 0 Å². The number of halogens is 1. The van der Waals surface area contributed by atoms with Crippen LogP contribution in [0.4, 0.5) is 0 Å². The number of aromatic nitrogens is 4. The summed E-state index contributed by atoms with van der Waals surface area (Å²) in [5, 5.41) is 0. The molecule has 0 saturated heterocycles. The molecule has 0 N–H and O–H groups in total. The van der Waals surface area contributed by atoms with E-state index in [-0.39, 0.29) is 0 Å². The largest absolute Gasteiger partial charge is 0.267 e. The van der Waals surface area contributed by atoms with Crippen LogP contribution in [-0.2, 0) is 0 Å². The molecule has 3 aromatic rings. The van der Waals surface area contributed by atoms with Crippen LogP contribution in [-0.4, -0.2) is 19.5 Å². The van der Waals surface area contributed by atoms with Gasteiger partial charge in [0, 0.05) is 12.4 Å². The van der Waals surface area contributed by atoms with Crippen molar-refractivity contribution in [2.24, 2.45) is 0 Å². The molecule has 1 aromatic carbocycles. The summed E-state index contributed by atoms with van der Waals surface area (Å²) in [6.07, 6.45) is 5.17. The molecule has 0 amide bonds. The molecule has 0 radical (unpaired) electrons. The van der Waals surface area contributed by atoms with Crippen LogP contribution < -0.4 is 0 Å². The average Bonchev–Trinajstić information content (AvgIpc) is 2.74. The Kier molecular flexibility index (Phi) is 2.18. The predicted octanol–water partition coefficient (Wildman–Crippen LogP) is 2.58. The van der Waals surface area contributed by atoms with Gasteiger partial charge in [-0.3, -0.25) is 4.57 Å². The Labute approximate surface area is 100 Å². The van der Waals surface area contributed by atoms with Crippen molar-refractivity contribution in [3.8, 4) is 5.95 Å². The summed E-state index contributed by atoms with van der Waals surface area (Å²) >= 11 is 3.31. The van der Waals surface area contributed by atoms with E-state index in [1.165, 1.54) is 0 Å². The molecule has 0 atom stereocenters. The van der Waals surface area contributed by atoms with Gasteiger partial charge >= 0.3 is 0 Å². The lowest BCUT2D eigenvalue weighted by atomic mass is 10.3. The van der Waals surface area contributed by atoms with E-state index in [2.05, 4.69) is 30.9 Å². The van der Waals surface area contributed by atoms with Gasteiger partial charge in [0.25, 0.3) is 0 Å². The Morgan fingerprint density at radius 1 is 1.00 bits per heavy atom. The number of hydrogen-bond donors (Lipinski definition) is 0. The molecular weight excluding hydrogens is 268 g/mol. The third kappa shape index (κ3) is 1.49. The van der Waals surface area contributed by atoms with Crippen LogP contribution >= 0.6 is 15.9 Å². The average molecular weight is 275 g/mol. The first kappa shape index (κ1) is 9.47. The highest BCUT2D eigenvalue weighted by Crippen LogP contribution is 2.15. The zero-order chi connectivity index (χ0) is 11.0. The van der Waals surface area contributed by atoms with E-state index in [0.717, 1.165) is 15.5 Å². The van der Waals surface area contributed by atoms with Gasteiger partial charge in [-0.25, -0.2) is 15.0 Å². The molecule has 2 heterocycles. The fraction of sp³-hybridized carbons (Fsp3) is 0. The van der Waals surface area contributed by atoms with E-state index < -0.39 is 0 Å². The quantitative estimate of drug-likeness (QED) is 0.685. The first-order valence-electron chi connectivity index (χ1n) is 4.74. The third-order valence-electron chi connectivity index (χ3n) is 2.28. The van der Waals surface area contributed by atoms with Gasteiger partial charge in [-0.05, 0) is 28.1 Å². The Morgan fingerprint density at radius 2 is 1.75 bits per heavy atom. The van der Waals surface area contributed by atoms with Crippen molar-refractivity contribution in [3.63, 3.8) is 0 Å². The maximum absolute atomic E-state index is 4.29. The molecule has 4 nitrogen and oxygen atoms in total. The molecule has 78 valence electrons. The summed E-state index contributed by atoms with van der Waals surface area (Å²) in [5.41, 5.74) is 1.94. The second-order valence-corrected chi connectivity index (χ2v) is 4.22. The van der Waals surface area contributed by atoms with Gasteiger partial charge in [0.2, 0.25) is 5.95 Å². The topological polar surface area (TPSA) is 43.6 Å². The van der Waals surface area contributed by atoms with E-state index >= 15 is 0 Å². The van der Waals surface area contributed by atoms with Gasteiger partial charge in [0.1, 0.15) is 6.33 Å². The van der Waals surface area contributed by atoms with Gasteiger partial charge < -0.3 is 0 Å².